The summed E-state index contributed by atoms with van der Waals surface area (Å²) in [6, 6.07) is 0.617. The van der Waals surface area contributed by atoms with Crippen LogP contribution in [0, 0.1) is 5.41 Å². The normalized spacial score (nSPS) is 29.6. The van der Waals surface area contributed by atoms with Gasteiger partial charge in [0.25, 0.3) is 0 Å². The first-order valence-electron chi connectivity index (χ1n) is 7.02. The summed E-state index contributed by atoms with van der Waals surface area (Å²) < 4.78 is 0.503. The van der Waals surface area contributed by atoms with E-state index in [4.69, 9.17) is 5.73 Å². The van der Waals surface area contributed by atoms with Crippen LogP contribution in [0.15, 0.2) is 0 Å². The summed E-state index contributed by atoms with van der Waals surface area (Å²) in [5.41, 5.74) is 6.60. The molecule has 0 amide bonds. The van der Waals surface area contributed by atoms with Crippen molar-refractivity contribution in [2.45, 2.75) is 56.7 Å². The van der Waals surface area contributed by atoms with E-state index in [9.17, 15) is 0 Å². The third-order valence-electron chi connectivity index (χ3n) is 4.80. The van der Waals surface area contributed by atoms with Crippen molar-refractivity contribution in [3.05, 3.63) is 0 Å². The molecule has 2 N–H and O–H groups in total. The van der Waals surface area contributed by atoms with Crippen LogP contribution in [0.4, 0.5) is 0 Å². The maximum atomic E-state index is 6.07. The van der Waals surface area contributed by atoms with E-state index in [0.29, 0.717) is 16.2 Å². The van der Waals surface area contributed by atoms with Gasteiger partial charge in [-0.25, -0.2) is 0 Å². The van der Waals surface area contributed by atoms with Gasteiger partial charge >= 0.3 is 0 Å². The first-order valence-corrected chi connectivity index (χ1v) is 8.25. The molecule has 2 nitrogen and oxygen atoms in total. The smallest absolute Gasteiger partial charge is 0.0365 e. The standard InChI is InChI=1S/C14H28N2S/c1-13(2)5-4-9-16(10-8-13)12(11-15)14(17-3)6-7-14/h12H,4-11,15H2,1-3H3. The highest BCUT2D eigenvalue weighted by Crippen LogP contribution is 2.51. The fourth-order valence-electron chi connectivity index (χ4n) is 3.25. The lowest BCUT2D eigenvalue weighted by molar-refractivity contribution is 0.189. The molecule has 100 valence electrons. The Hall–Kier alpha value is 0.270. The van der Waals surface area contributed by atoms with E-state index < -0.39 is 0 Å². The number of likely N-dealkylation sites (tertiary alicyclic amines) is 1. The van der Waals surface area contributed by atoms with Crippen molar-refractivity contribution >= 4 is 11.8 Å². The summed E-state index contributed by atoms with van der Waals surface area (Å²) in [5.74, 6) is 0. The van der Waals surface area contributed by atoms with Crippen molar-refractivity contribution in [2.24, 2.45) is 11.1 Å². The van der Waals surface area contributed by atoms with E-state index in [1.807, 2.05) is 11.8 Å². The molecule has 1 aliphatic carbocycles. The van der Waals surface area contributed by atoms with Crippen LogP contribution in [0.2, 0.25) is 0 Å². The van der Waals surface area contributed by atoms with Gasteiger partial charge in [0.1, 0.15) is 0 Å². The molecule has 2 fully saturated rings. The molecule has 17 heavy (non-hydrogen) atoms. The highest BCUT2D eigenvalue weighted by Gasteiger charge is 2.50. The average Bonchev–Trinajstić information content (AvgIpc) is 3.07. The van der Waals surface area contributed by atoms with Gasteiger partial charge in [0.05, 0.1) is 0 Å². The number of rotatable bonds is 4. The van der Waals surface area contributed by atoms with E-state index in [1.54, 1.807) is 0 Å². The third kappa shape index (κ3) is 2.99. The molecule has 1 saturated carbocycles. The van der Waals surface area contributed by atoms with Crippen molar-refractivity contribution in [3.8, 4) is 0 Å². The number of nitrogens with two attached hydrogens (primary N) is 1. The van der Waals surface area contributed by atoms with E-state index in [1.165, 1.54) is 45.2 Å². The zero-order valence-corrected chi connectivity index (χ0v) is 12.5. The quantitative estimate of drug-likeness (QED) is 0.838. The Bertz CT molecular complexity index is 261. The topological polar surface area (TPSA) is 29.3 Å². The third-order valence-corrected chi connectivity index (χ3v) is 6.29. The van der Waals surface area contributed by atoms with Crippen molar-refractivity contribution in [2.75, 3.05) is 25.9 Å². The van der Waals surface area contributed by atoms with Crippen LogP contribution in [0.1, 0.15) is 46.0 Å². The van der Waals surface area contributed by atoms with Gasteiger partial charge in [0.2, 0.25) is 0 Å². The van der Waals surface area contributed by atoms with Gasteiger partial charge in [-0.3, -0.25) is 4.90 Å². The second-order valence-electron chi connectivity index (χ2n) is 6.57. The summed E-state index contributed by atoms with van der Waals surface area (Å²) in [5, 5.41) is 0. The summed E-state index contributed by atoms with van der Waals surface area (Å²) in [6.07, 6.45) is 9.04. The number of hydrogen-bond donors (Lipinski definition) is 1. The maximum Gasteiger partial charge on any atom is 0.0365 e. The molecule has 0 spiro atoms. The van der Waals surface area contributed by atoms with Gasteiger partial charge < -0.3 is 5.73 Å². The van der Waals surface area contributed by atoms with Crippen molar-refractivity contribution in [1.82, 2.24) is 4.90 Å². The van der Waals surface area contributed by atoms with Gasteiger partial charge in [-0.1, -0.05) is 13.8 Å². The SMILES string of the molecule is CSC1(C(CN)N2CCCC(C)(C)CC2)CC1. The van der Waals surface area contributed by atoms with Crippen LogP contribution in [0.3, 0.4) is 0 Å². The molecule has 0 aromatic carbocycles. The zero-order chi connectivity index (χ0) is 12.5. The van der Waals surface area contributed by atoms with Crippen LogP contribution in [-0.4, -0.2) is 41.6 Å². The Morgan fingerprint density at radius 1 is 1.18 bits per heavy atom. The molecule has 0 radical (unpaired) electrons. The molecule has 0 bridgehead atoms. The Balaban J connectivity index is 2.00. The summed E-state index contributed by atoms with van der Waals surface area (Å²) in [6.45, 7) is 8.16. The van der Waals surface area contributed by atoms with E-state index in [0.717, 1.165) is 6.54 Å². The number of hydrogen-bond acceptors (Lipinski definition) is 3. The minimum atomic E-state index is 0.503. The second kappa shape index (κ2) is 5.10. The molecule has 1 atom stereocenters. The molecule has 1 aliphatic heterocycles. The van der Waals surface area contributed by atoms with Crippen molar-refractivity contribution < 1.29 is 0 Å². The lowest BCUT2D eigenvalue weighted by Crippen LogP contribution is -2.49. The Kier molecular flexibility index (Phi) is 4.11. The zero-order valence-electron chi connectivity index (χ0n) is 11.7. The molecule has 1 saturated heterocycles. The minimum Gasteiger partial charge on any atom is -0.329 e. The van der Waals surface area contributed by atoms with Crippen LogP contribution in [0.25, 0.3) is 0 Å². The lowest BCUT2D eigenvalue weighted by Gasteiger charge is -2.35. The Morgan fingerprint density at radius 3 is 2.41 bits per heavy atom. The predicted octanol–water partition coefficient (Wildman–Crippen LogP) is 2.72. The van der Waals surface area contributed by atoms with Crippen LogP contribution in [0.5, 0.6) is 0 Å². The first kappa shape index (κ1) is 13.7. The minimum absolute atomic E-state index is 0.503. The molecule has 3 heteroatoms. The summed E-state index contributed by atoms with van der Waals surface area (Å²) in [7, 11) is 0. The van der Waals surface area contributed by atoms with Crippen LogP contribution in [-0.2, 0) is 0 Å². The predicted molar refractivity (Wildman–Crippen MR) is 77.5 cm³/mol. The summed E-state index contributed by atoms with van der Waals surface area (Å²) in [4.78, 5) is 2.69. The fourth-order valence-corrected chi connectivity index (χ4v) is 4.28. The molecule has 1 unspecified atom stereocenters. The fraction of sp³-hybridized carbons (Fsp3) is 1.00. The molecular weight excluding hydrogens is 228 g/mol. The molecule has 0 aromatic heterocycles. The van der Waals surface area contributed by atoms with Crippen molar-refractivity contribution in [3.63, 3.8) is 0 Å². The van der Waals surface area contributed by atoms with Gasteiger partial charge in [0, 0.05) is 17.3 Å². The second-order valence-corrected chi connectivity index (χ2v) is 7.80. The first-order chi connectivity index (χ1) is 8.03. The van der Waals surface area contributed by atoms with Crippen molar-refractivity contribution in [1.29, 1.82) is 0 Å². The van der Waals surface area contributed by atoms with Gasteiger partial charge in [-0.2, -0.15) is 11.8 Å². The monoisotopic (exact) mass is 256 g/mol. The molecule has 2 rings (SSSR count). The Morgan fingerprint density at radius 2 is 1.88 bits per heavy atom. The Labute approximate surface area is 111 Å². The van der Waals surface area contributed by atoms with Gasteiger partial charge in [0.15, 0.2) is 0 Å². The van der Waals surface area contributed by atoms with E-state index in [-0.39, 0.29) is 0 Å². The maximum absolute atomic E-state index is 6.07. The van der Waals surface area contributed by atoms with Gasteiger partial charge in [-0.05, 0) is 56.9 Å². The highest BCUT2D eigenvalue weighted by molar-refractivity contribution is 8.00. The lowest BCUT2D eigenvalue weighted by atomic mass is 9.85. The van der Waals surface area contributed by atoms with E-state index in [2.05, 4.69) is 25.0 Å². The van der Waals surface area contributed by atoms with Gasteiger partial charge in [-0.15, -0.1) is 0 Å². The average molecular weight is 256 g/mol. The van der Waals surface area contributed by atoms with E-state index >= 15 is 0 Å². The highest BCUT2D eigenvalue weighted by atomic mass is 32.2. The summed E-state index contributed by atoms with van der Waals surface area (Å²) >= 11 is 2.05. The van der Waals surface area contributed by atoms with Crippen LogP contribution >= 0.6 is 11.8 Å². The van der Waals surface area contributed by atoms with Crippen LogP contribution < -0.4 is 5.73 Å². The molecule has 1 heterocycles. The molecular formula is C14H28N2S. The molecule has 0 aromatic rings. The largest absolute Gasteiger partial charge is 0.329 e. The molecule has 2 aliphatic rings. The number of nitrogens with zero attached hydrogens (tertiary/aromatic N) is 1. The number of thioether (sulfide) groups is 1.